The molecule has 5 nitrogen and oxygen atoms in total. The molecular weight excluding hydrogens is 332 g/mol. The molecule has 1 fully saturated rings. The van der Waals surface area contributed by atoms with Crippen LogP contribution >= 0.6 is 23.8 Å². The minimum atomic E-state index is -3.67. The fourth-order valence-corrected chi connectivity index (χ4v) is 3.97. The number of halogens is 1. The summed E-state index contributed by atoms with van der Waals surface area (Å²) in [7, 11) is -3.67. The van der Waals surface area contributed by atoms with Crippen LogP contribution in [-0.2, 0) is 14.8 Å². The third-order valence-corrected chi connectivity index (χ3v) is 5.72. The van der Waals surface area contributed by atoms with Crippen LogP contribution in [0.15, 0.2) is 23.1 Å². The van der Waals surface area contributed by atoms with Gasteiger partial charge in [-0.15, -0.1) is 0 Å². The number of thiocarbonyl (C=S) groups is 1. The number of benzene rings is 1. The van der Waals surface area contributed by atoms with E-state index < -0.39 is 10.0 Å². The van der Waals surface area contributed by atoms with E-state index in [-0.39, 0.29) is 26.9 Å². The summed E-state index contributed by atoms with van der Waals surface area (Å²) in [6, 6.07) is 4.41. The highest BCUT2D eigenvalue weighted by Gasteiger charge is 2.27. The molecule has 0 saturated carbocycles. The van der Waals surface area contributed by atoms with Crippen LogP contribution in [0.1, 0.15) is 18.9 Å². The van der Waals surface area contributed by atoms with Crippen molar-refractivity contribution in [3.8, 4) is 0 Å². The van der Waals surface area contributed by atoms with Crippen molar-refractivity contribution in [2.24, 2.45) is 11.7 Å². The van der Waals surface area contributed by atoms with Crippen molar-refractivity contribution in [3.63, 3.8) is 0 Å². The summed E-state index contributed by atoms with van der Waals surface area (Å²) in [6.07, 6.45) is 0.901. The molecule has 2 unspecified atom stereocenters. The monoisotopic (exact) mass is 348 g/mol. The highest BCUT2D eigenvalue weighted by atomic mass is 35.5. The molecular formula is C13H17ClN2O3S2. The second-order valence-electron chi connectivity index (χ2n) is 4.99. The molecule has 21 heavy (non-hydrogen) atoms. The predicted molar refractivity (Wildman–Crippen MR) is 86.0 cm³/mol. The highest BCUT2D eigenvalue weighted by molar-refractivity contribution is 7.89. The molecule has 2 rings (SSSR count). The van der Waals surface area contributed by atoms with E-state index in [0.29, 0.717) is 18.7 Å². The van der Waals surface area contributed by atoms with Crippen molar-refractivity contribution < 1.29 is 13.2 Å². The number of hydrogen-bond donors (Lipinski definition) is 2. The minimum absolute atomic E-state index is 0.0238. The van der Waals surface area contributed by atoms with E-state index in [4.69, 9.17) is 34.3 Å². The van der Waals surface area contributed by atoms with Crippen LogP contribution in [0.25, 0.3) is 0 Å². The Morgan fingerprint density at radius 1 is 1.57 bits per heavy atom. The average Bonchev–Trinajstić information content (AvgIpc) is 2.81. The molecule has 2 atom stereocenters. The Labute approximate surface area is 134 Å². The average molecular weight is 349 g/mol. The van der Waals surface area contributed by atoms with Gasteiger partial charge in [0.1, 0.15) is 9.88 Å². The lowest BCUT2D eigenvalue weighted by molar-refractivity contribution is 0.107. The first-order valence-electron chi connectivity index (χ1n) is 6.52. The Morgan fingerprint density at radius 3 is 2.81 bits per heavy atom. The van der Waals surface area contributed by atoms with Crippen molar-refractivity contribution in [1.82, 2.24) is 4.72 Å². The molecule has 8 heteroatoms. The van der Waals surface area contributed by atoms with Gasteiger partial charge < -0.3 is 10.5 Å². The van der Waals surface area contributed by atoms with Gasteiger partial charge in [0.05, 0.1) is 11.1 Å². The molecule has 0 bridgehead atoms. The van der Waals surface area contributed by atoms with Crippen LogP contribution in [0.5, 0.6) is 0 Å². The third kappa shape index (κ3) is 3.92. The number of ether oxygens (including phenoxy) is 1. The second kappa shape index (κ2) is 6.58. The number of hydrogen-bond acceptors (Lipinski definition) is 4. The van der Waals surface area contributed by atoms with Gasteiger partial charge in [-0.05, 0) is 25.5 Å². The zero-order valence-electron chi connectivity index (χ0n) is 11.5. The maximum Gasteiger partial charge on any atom is 0.242 e. The Kier molecular flexibility index (Phi) is 5.21. The Balaban J connectivity index is 2.14. The predicted octanol–water partition coefficient (Wildman–Crippen LogP) is 1.68. The standard InChI is InChI=1S/C13H17ClN2O3S2/c1-8-10(4-5-19-8)7-16-21(17,18)12-3-2-9(13(15)20)6-11(12)14/h2-3,6,8,10,16H,4-5,7H2,1H3,(H2,15,20). The topological polar surface area (TPSA) is 81.4 Å². The zero-order chi connectivity index (χ0) is 15.6. The summed E-state index contributed by atoms with van der Waals surface area (Å²) < 4.78 is 32.6. The van der Waals surface area contributed by atoms with Crippen LogP contribution in [0.3, 0.4) is 0 Å². The molecule has 3 N–H and O–H groups in total. The summed E-state index contributed by atoms with van der Waals surface area (Å²) >= 11 is 10.9. The molecule has 1 aromatic carbocycles. The molecule has 1 heterocycles. The quantitative estimate of drug-likeness (QED) is 0.791. The highest BCUT2D eigenvalue weighted by Crippen LogP contribution is 2.24. The Morgan fingerprint density at radius 2 is 2.29 bits per heavy atom. The lowest BCUT2D eigenvalue weighted by Crippen LogP contribution is -2.32. The Hall–Kier alpha value is -0.730. The van der Waals surface area contributed by atoms with E-state index in [9.17, 15) is 8.42 Å². The molecule has 0 spiro atoms. The first-order valence-corrected chi connectivity index (χ1v) is 8.79. The first-order chi connectivity index (χ1) is 9.81. The molecule has 0 aromatic heterocycles. The van der Waals surface area contributed by atoms with Crippen molar-refractivity contribution in [2.75, 3.05) is 13.2 Å². The maximum absolute atomic E-state index is 12.3. The summed E-state index contributed by atoms with van der Waals surface area (Å²) in [6.45, 7) is 2.93. The van der Waals surface area contributed by atoms with Gasteiger partial charge in [-0.25, -0.2) is 13.1 Å². The number of sulfonamides is 1. The van der Waals surface area contributed by atoms with E-state index >= 15 is 0 Å². The molecule has 116 valence electrons. The summed E-state index contributed by atoms with van der Waals surface area (Å²) in [5.41, 5.74) is 6.03. The van der Waals surface area contributed by atoms with Gasteiger partial charge in [0.15, 0.2) is 0 Å². The van der Waals surface area contributed by atoms with Crippen LogP contribution in [-0.4, -0.2) is 32.7 Å². The number of nitrogens with one attached hydrogen (secondary N) is 1. The molecule has 0 radical (unpaired) electrons. The van der Waals surface area contributed by atoms with Crippen molar-refractivity contribution in [2.45, 2.75) is 24.3 Å². The molecule has 1 aromatic rings. The molecule has 1 aliphatic rings. The van der Waals surface area contributed by atoms with Gasteiger partial charge >= 0.3 is 0 Å². The van der Waals surface area contributed by atoms with E-state index in [1.54, 1.807) is 6.07 Å². The lowest BCUT2D eigenvalue weighted by Gasteiger charge is -2.15. The largest absolute Gasteiger partial charge is 0.389 e. The summed E-state index contributed by atoms with van der Waals surface area (Å²) in [5.74, 6) is 0.175. The van der Waals surface area contributed by atoms with E-state index in [0.717, 1.165) is 6.42 Å². The fraction of sp³-hybridized carbons (Fsp3) is 0.462. The van der Waals surface area contributed by atoms with E-state index in [1.165, 1.54) is 12.1 Å². The maximum atomic E-state index is 12.3. The van der Waals surface area contributed by atoms with Gasteiger partial charge in [0, 0.05) is 24.6 Å². The molecule has 1 aliphatic heterocycles. The fourth-order valence-electron chi connectivity index (χ4n) is 2.21. The third-order valence-electron chi connectivity index (χ3n) is 3.57. The van der Waals surface area contributed by atoms with E-state index in [2.05, 4.69) is 4.72 Å². The van der Waals surface area contributed by atoms with Crippen molar-refractivity contribution >= 4 is 38.8 Å². The SMILES string of the molecule is CC1OCCC1CNS(=O)(=O)c1ccc(C(N)=S)cc1Cl. The van der Waals surface area contributed by atoms with Crippen LogP contribution < -0.4 is 10.5 Å². The van der Waals surface area contributed by atoms with Crippen molar-refractivity contribution in [3.05, 3.63) is 28.8 Å². The lowest BCUT2D eigenvalue weighted by atomic mass is 10.0. The van der Waals surface area contributed by atoms with Crippen molar-refractivity contribution in [1.29, 1.82) is 0 Å². The zero-order valence-corrected chi connectivity index (χ0v) is 13.9. The van der Waals surface area contributed by atoms with Gasteiger partial charge in [-0.1, -0.05) is 29.9 Å². The number of rotatable bonds is 5. The van der Waals surface area contributed by atoms with Gasteiger partial charge in [0.2, 0.25) is 10.0 Å². The summed E-state index contributed by atoms with van der Waals surface area (Å²) in [4.78, 5) is 0.196. The smallest absolute Gasteiger partial charge is 0.242 e. The normalized spacial score (nSPS) is 22.4. The van der Waals surface area contributed by atoms with Gasteiger partial charge in [-0.3, -0.25) is 0 Å². The minimum Gasteiger partial charge on any atom is -0.389 e. The van der Waals surface area contributed by atoms with Crippen LogP contribution in [0, 0.1) is 5.92 Å². The first kappa shape index (κ1) is 16.6. The van der Waals surface area contributed by atoms with Crippen LogP contribution in [0.2, 0.25) is 5.02 Å². The van der Waals surface area contributed by atoms with Gasteiger partial charge in [-0.2, -0.15) is 0 Å². The molecule has 0 aliphatic carbocycles. The van der Waals surface area contributed by atoms with Gasteiger partial charge in [0.25, 0.3) is 0 Å². The van der Waals surface area contributed by atoms with E-state index in [1.807, 2.05) is 6.92 Å². The molecule has 1 saturated heterocycles. The second-order valence-corrected chi connectivity index (χ2v) is 7.57. The number of nitrogens with two attached hydrogens (primary N) is 1. The molecule has 0 amide bonds. The van der Waals surface area contributed by atoms with Crippen LogP contribution in [0.4, 0.5) is 0 Å². The summed E-state index contributed by atoms with van der Waals surface area (Å²) in [5, 5.41) is 0.100. The Bertz CT molecular complexity index is 649.